The van der Waals surface area contributed by atoms with Crippen LogP contribution in [0.1, 0.15) is 40.2 Å². The molecule has 0 aromatic heterocycles. The van der Waals surface area contributed by atoms with Gasteiger partial charge in [-0.05, 0) is 43.0 Å². The minimum atomic E-state index is -0.473. The van der Waals surface area contributed by atoms with E-state index >= 15 is 0 Å². The lowest BCUT2D eigenvalue weighted by atomic mass is 10.1. The Kier molecular flexibility index (Phi) is 7.09. The third-order valence-electron chi connectivity index (χ3n) is 3.24. The van der Waals surface area contributed by atoms with Gasteiger partial charge in [0.05, 0.1) is 0 Å². The predicted molar refractivity (Wildman–Crippen MR) is 85.6 cm³/mol. The third-order valence-corrected chi connectivity index (χ3v) is 3.24. The second-order valence-electron chi connectivity index (χ2n) is 6.37. The van der Waals surface area contributed by atoms with Crippen LogP contribution in [0.25, 0.3) is 0 Å². The van der Waals surface area contributed by atoms with E-state index < -0.39 is 11.6 Å². The second kappa shape index (κ2) is 8.32. The van der Waals surface area contributed by atoms with Gasteiger partial charge < -0.3 is 10.2 Å². The maximum Gasteiger partial charge on any atom is 0.149 e. The molecule has 0 saturated heterocycles. The Bertz CT molecular complexity index is 421. The minimum absolute atomic E-state index is 0.0961. The zero-order chi connectivity index (χ0) is 16.0. The first-order valence-electron chi connectivity index (χ1n) is 7.78. The topological polar surface area (TPSA) is 15.3 Å². The first-order valence-corrected chi connectivity index (χ1v) is 7.78. The smallest absolute Gasteiger partial charge is 0.149 e. The van der Waals surface area contributed by atoms with Gasteiger partial charge in [-0.3, -0.25) is 0 Å². The van der Waals surface area contributed by atoms with Crippen molar-refractivity contribution in [2.45, 2.75) is 41.2 Å². The molecule has 0 aliphatic rings. The summed E-state index contributed by atoms with van der Waals surface area (Å²) in [6.07, 6.45) is 0. The van der Waals surface area contributed by atoms with Gasteiger partial charge in [-0.15, -0.1) is 0 Å². The first-order chi connectivity index (χ1) is 9.85. The van der Waals surface area contributed by atoms with Gasteiger partial charge in [0, 0.05) is 19.6 Å². The Labute approximate surface area is 127 Å². The van der Waals surface area contributed by atoms with Crippen molar-refractivity contribution < 1.29 is 8.78 Å². The molecule has 1 N–H and O–H groups in total. The van der Waals surface area contributed by atoms with Gasteiger partial charge in [-0.1, -0.05) is 27.7 Å². The molecular weight excluding hydrogens is 270 g/mol. The number of nitrogens with one attached hydrogen (secondary N) is 1. The zero-order valence-corrected chi connectivity index (χ0v) is 13.8. The van der Waals surface area contributed by atoms with Gasteiger partial charge in [0.15, 0.2) is 0 Å². The van der Waals surface area contributed by atoms with Gasteiger partial charge in [0.2, 0.25) is 0 Å². The van der Waals surface area contributed by atoms with E-state index in [9.17, 15) is 8.78 Å². The second-order valence-corrected chi connectivity index (χ2v) is 6.37. The van der Waals surface area contributed by atoms with E-state index in [-0.39, 0.29) is 5.69 Å². The molecule has 0 fully saturated rings. The Balaban J connectivity index is 2.88. The Morgan fingerprint density at radius 2 is 1.62 bits per heavy atom. The van der Waals surface area contributed by atoms with Gasteiger partial charge in [-0.25, -0.2) is 8.78 Å². The minimum Gasteiger partial charge on any atom is -0.367 e. The Morgan fingerprint density at radius 1 is 1.05 bits per heavy atom. The summed E-state index contributed by atoms with van der Waals surface area (Å²) in [6, 6.07) is 2.88. The molecule has 1 aromatic carbocycles. The average Bonchev–Trinajstić information content (AvgIpc) is 2.35. The van der Waals surface area contributed by atoms with E-state index in [0.29, 0.717) is 37.0 Å². The lowest BCUT2D eigenvalue weighted by Gasteiger charge is -2.26. The SMILES string of the molecule is CCN(CC(C)C)c1c(F)cc(CNCC(C)C)cc1F. The van der Waals surface area contributed by atoms with E-state index in [2.05, 4.69) is 19.2 Å². The molecule has 0 radical (unpaired) electrons. The molecule has 0 heterocycles. The maximum absolute atomic E-state index is 14.3. The zero-order valence-electron chi connectivity index (χ0n) is 13.8. The molecule has 0 amide bonds. The van der Waals surface area contributed by atoms with Crippen molar-refractivity contribution in [3.63, 3.8) is 0 Å². The number of hydrogen-bond donors (Lipinski definition) is 1. The highest BCUT2D eigenvalue weighted by atomic mass is 19.1. The maximum atomic E-state index is 14.3. The van der Waals surface area contributed by atoms with Gasteiger partial charge in [0.25, 0.3) is 0 Å². The highest BCUT2D eigenvalue weighted by molar-refractivity contribution is 5.50. The van der Waals surface area contributed by atoms with Crippen LogP contribution in [0.15, 0.2) is 12.1 Å². The number of halogens is 2. The monoisotopic (exact) mass is 298 g/mol. The highest BCUT2D eigenvalue weighted by Crippen LogP contribution is 2.25. The largest absolute Gasteiger partial charge is 0.367 e. The lowest BCUT2D eigenvalue weighted by Crippen LogP contribution is -2.29. The molecule has 0 unspecified atom stereocenters. The standard InChI is InChI=1S/C17H28F2N2/c1-6-21(11-13(4)5)17-15(18)7-14(8-16(17)19)10-20-9-12(2)3/h7-8,12-13,20H,6,9-11H2,1-5H3. The molecule has 1 rings (SSSR count). The molecule has 0 atom stereocenters. The van der Waals surface area contributed by atoms with Crippen LogP contribution in [0.3, 0.4) is 0 Å². The molecule has 4 heteroatoms. The quantitative estimate of drug-likeness (QED) is 0.774. The summed E-state index contributed by atoms with van der Waals surface area (Å²) in [5, 5.41) is 3.20. The van der Waals surface area contributed by atoms with Crippen molar-refractivity contribution in [2.75, 3.05) is 24.5 Å². The van der Waals surface area contributed by atoms with Crippen molar-refractivity contribution in [2.24, 2.45) is 11.8 Å². The fraction of sp³-hybridized carbons (Fsp3) is 0.647. The summed E-state index contributed by atoms with van der Waals surface area (Å²) < 4.78 is 28.5. The molecule has 2 nitrogen and oxygen atoms in total. The average molecular weight is 298 g/mol. The molecule has 0 aliphatic heterocycles. The normalized spacial score (nSPS) is 11.5. The first kappa shape index (κ1) is 17.9. The summed E-state index contributed by atoms with van der Waals surface area (Å²) >= 11 is 0. The van der Waals surface area contributed by atoms with Crippen LogP contribution in [0.5, 0.6) is 0 Å². The van der Waals surface area contributed by atoms with Gasteiger partial charge in [-0.2, -0.15) is 0 Å². The highest BCUT2D eigenvalue weighted by Gasteiger charge is 2.17. The summed E-state index contributed by atoms with van der Waals surface area (Å²) in [5.41, 5.74) is 0.744. The van der Waals surface area contributed by atoms with Crippen LogP contribution in [-0.2, 0) is 6.54 Å². The molecule has 120 valence electrons. The molecule has 21 heavy (non-hydrogen) atoms. The Hall–Kier alpha value is -1.16. The van der Waals surface area contributed by atoms with Crippen LogP contribution in [-0.4, -0.2) is 19.6 Å². The van der Waals surface area contributed by atoms with Crippen LogP contribution < -0.4 is 10.2 Å². The van der Waals surface area contributed by atoms with Crippen LogP contribution in [0.2, 0.25) is 0 Å². The summed E-state index contributed by atoms with van der Waals surface area (Å²) in [6.45, 7) is 12.8. The van der Waals surface area contributed by atoms with E-state index in [4.69, 9.17) is 0 Å². The van der Waals surface area contributed by atoms with E-state index in [1.54, 1.807) is 4.90 Å². The van der Waals surface area contributed by atoms with Crippen LogP contribution in [0.4, 0.5) is 14.5 Å². The van der Waals surface area contributed by atoms with Gasteiger partial charge in [0.1, 0.15) is 17.3 Å². The van der Waals surface area contributed by atoms with Crippen LogP contribution in [0, 0.1) is 23.5 Å². The van der Waals surface area contributed by atoms with E-state index in [1.807, 2.05) is 20.8 Å². The molecule has 0 bridgehead atoms. The molecule has 0 spiro atoms. The van der Waals surface area contributed by atoms with Crippen molar-refractivity contribution in [1.82, 2.24) is 5.32 Å². The summed E-state index contributed by atoms with van der Waals surface area (Å²) in [4.78, 5) is 1.76. The summed E-state index contributed by atoms with van der Waals surface area (Å²) in [5.74, 6) is -0.0746. The molecule has 0 aliphatic carbocycles. The van der Waals surface area contributed by atoms with Crippen molar-refractivity contribution in [3.05, 3.63) is 29.3 Å². The Morgan fingerprint density at radius 3 is 2.05 bits per heavy atom. The molecule has 0 saturated carbocycles. The van der Waals surface area contributed by atoms with Crippen molar-refractivity contribution in [1.29, 1.82) is 0 Å². The number of hydrogen-bond acceptors (Lipinski definition) is 2. The van der Waals surface area contributed by atoms with Crippen LogP contribution >= 0.6 is 0 Å². The number of benzene rings is 1. The fourth-order valence-electron chi connectivity index (χ4n) is 2.35. The molecular formula is C17H28F2N2. The number of rotatable bonds is 8. The van der Waals surface area contributed by atoms with Crippen molar-refractivity contribution >= 4 is 5.69 Å². The fourth-order valence-corrected chi connectivity index (χ4v) is 2.35. The van der Waals surface area contributed by atoms with E-state index in [0.717, 1.165) is 6.54 Å². The summed E-state index contributed by atoms with van der Waals surface area (Å²) in [7, 11) is 0. The number of anilines is 1. The third kappa shape index (κ3) is 5.62. The van der Waals surface area contributed by atoms with Crippen molar-refractivity contribution in [3.8, 4) is 0 Å². The lowest BCUT2D eigenvalue weighted by molar-refractivity contribution is 0.535. The van der Waals surface area contributed by atoms with Gasteiger partial charge >= 0.3 is 0 Å². The molecule has 1 aromatic rings. The number of nitrogens with zero attached hydrogens (tertiary/aromatic N) is 1. The predicted octanol–water partition coefficient (Wildman–Crippen LogP) is 4.19. The van der Waals surface area contributed by atoms with E-state index in [1.165, 1.54) is 12.1 Å².